The van der Waals surface area contributed by atoms with Crippen LogP contribution in [-0.4, -0.2) is 20.9 Å². The zero-order valence-electron chi connectivity index (χ0n) is 15.9. The number of hydrogen-bond donors (Lipinski definition) is 2. The fourth-order valence-electron chi connectivity index (χ4n) is 2.98. The molecule has 0 atom stereocenters. The second-order valence-electron chi connectivity index (χ2n) is 6.45. The zero-order chi connectivity index (χ0) is 20.4. The van der Waals surface area contributed by atoms with Gasteiger partial charge in [0.25, 0.3) is 11.5 Å². The Hall–Kier alpha value is -3.52. The average molecular weight is 406 g/mol. The monoisotopic (exact) mass is 406 g/mol. The Labute approximate surface area is 170 Å². The molecular weight excluding hydrogens is 388 g/mol. The van der Waals surface area contributed by atoms with Gasteiger partial charge < -0.3 is 15.0 Å². The minimum absolute atomic E-state index is 0.237. The van der Waals surface area contributed by atoms with Gasteiger partial charge in [-0.05, 0) is 43.7 Å². The highest BCUT2D eigenvalue weighted by Crippen LogP contribution is 2.30. The van der Waals surface area contributed by atoms with Gasteiger partial charge in [-0.3, -0.25) is 14.6 Å². The number of amides is 1. The van der Waals surface area contributed by atoms with Crippen molar-refractivity contribution in [2.75, 3.05) is 5.32 Å². The van der Waals surface area contributed by atoms with E-state index in [1.807, 2.05) is 30.3 Å². The summed E-state index contributed by atoms with van der Waals surface area (Å²) in [4.78, 5) is 37.4. The number of aromatic amines is 1. The fourth-order valence-corrected chi connectivity index (χ4v) is 4.10. The molecule has 1 amide bonds. The number of nitrogens with zero attached hydrogens (tertiary/aromatic N) is 2. The largest absolute Gasteiger partial charge is 0.485 e. The summed E-state index contributed by atoms with van der Waals surface area (Å²) in [6.45, 7) is 3.75. The zero-order valence-corrected chi connectivity index (χ0v) is 16.7. The van der Waals surface area contributed by atoms with Crippen LogP contribution in [-0.2, 0) is 6.61 Å². The maximum absolute atomic E-state index is 12.9. The predicted octanol–water partition coefficient (Wildman–Crippen LogP) is 3.83. The summed E-state index contributed by atoms with van der Waals surface area (Å²) >= 11 is 1.20. The molecule has 0 aliphatic rings. The van der Waals surface area contributed by atoms with Crippen molar-refractivity contribution in [3.8, 4) is 5.75 Å². The van der Waals surface area contributed by atoms with Gasteiger partial charge in [-0.15, -0.1) is 11.3 Å². The van der Waals surface area contributed by atoms with Crippen LogP contribution in [0.15, 0.2) is 53.5 Å². The van der Waals surface area contributed by atoms with Gasteiger partial charge in [0.15, 0.2) is 0 Å². The number of aryl methyl sites for hydroxylation is 2. The third-order valence-corrected chi connectivity index (χ3v) is 5.55. The highest BCUT2D eigenvalue weighted by Gasteiger charge is 2.20. The van der Waals surface area contributed by atoms with E-state index in [4.69, 9.17) is 4.74 Å². The number of carbonyl (C=O) groups excluding carboxylic acids is 1. The molecule has 0 fully saturated rings. The van der Waals surface area contributed by atoms with Crippen molar-refractivity contribution in [3.05, 3.63) is 81.0 Å². The lowest BCUT2D eigenvalue weighted by Gasteiger charge is -2.12. The summed E-state index contributed by atoms with van der Waals surface area (Å²) in [5, 5.41) is 3.33. The molecule has 146 valence electrons. The van der Waals surface area contributed by atoms with Gasteiger partial charge in [0, 0.05) is 6.20 Å². The van der Waals surface area contributed by atoms with Crippen molar-refractivity contribution in [2.24, 2.45) is 0 Å². The molecular formula is C21H18N4O3S. The SMILES string of the molecule is Cc1nc2sc(C(=O)Nc3ccccc3OCc3ccccn3)c(C)c2c(=O)[nH]1. The van der Waals surface area contributed by atoms with Crippen LogP contribution in [0.25, 0.3) is 10.2 Å². The Morgan fingerprint density at radius 3 is 2.76 bits per heavy atom. The van der Waals surface area contributed by atoms with Crippen LogP contribution in [0.1, 0.15) is 26.8 Å². The predicted molar refractivity (Wildman–Crippen MR) is 113 cm³/mol. The van der Waals surface area contributed by atoms with E-state index in [-0.39, 0.29) is 18.1 Å². The first-order valence-electron chi connectivity index (χ1n) is 8.96. The molecule has 2 N–H and O–H groups in total. The normalized spacial score (nSPS) is 10.8. The number of anilines is 1. The quantitative estimate of drug-likeness (QED) is 0.525. The number of carbonyl (C=O) groups is 1. The highest BCUT2D eigenvalue weighted by molar-refractivity contribution is 7.20. The van der Waals surface area contributed by atoms with Crippen molar-refractivity contribution in [2.45, 2.75) is 20.5 Å². The molecule has 0 radical (unpaired) electrons. The molecule has 7 nitrogen and oxygen atoms in total. The Morgan fingerprint density at radius 2 is 1.97 bits per heavy atom. The van der Waals surface area contributed by atoms with E-state index in [0.717, 1.165) is 5.69 Å². The minimum atomic E-state index is -0.309. The van der Waals surface area contributed by atoms with Gasteiger partial charge in [0.05, 0.1) is 21.6 Å². The van der Waals surface area contributed by atoms with Crippen molar-refractivity contribution in [1.29, 1.82) is 0 Å². The number of aromatic nitrogens is 3. The van der Waals surface area contributed by atoms with Gasteiger partial charge in [0.2, 0.25) is 0 Å². The number of ether oxygens (including phenoxy) is 1. The smallest absolute Gasteiger partial charge is 0.266 e. The molecule has 4 rings (SSSR count). The van der Waals surface area contributed by atoms with Crippen LogP contribution in [0.5, 0.6) is 5.75 Å². The third-order valence-electron chi connectivity index (χ3n) is 4.36. The summed E-state index contributed by atoms with van der Waals surface area (Å²) in [6.07, 6.45) is 1.70. The number of fused-ring (bicyclic) bond motifs is 1. The van der Waals surface area contributed by atoms with E-state index >= 15 is 0 Å². The lowest BCUT2D eigenvalue weighted by atomic mass is 10.2. The first-order chi connectivity index (χ1) is 14.0. The number of pyridine rings is 1. The molecule has 0 aliphatic heterocycles. The van der Waals surface area contributed by atoms with Crippen LogP contribution < -0.4 is 15.6 Å². The number of thiophene rings is 1. The lowest BCUT2D eigenvalue weighted by molar-refractivity contribution is 0.102. The highest BCUT2D eigenvalue weighted by atomic mass is 32.1. The first kappa shape index (κ1) is 18.8. The topological polar surface area (TPSA) is 97.0 Å². The van der Waals surface area contributed by atoms with E-state index in [0.29, 0.717) is 37.9 Å². The molecule has 0 saturated carbocycles. The second-order valence-corrected chi connectivity index (χ2v) is 7.45. The van der Waals surface area contributed by atoms with E-state index in [1.165, 1.54) is 11.3 Å². The Bertz CT molecular complexity index is 1250. The number of H-pyrrole nitrogens is 1. The summed E-state index contributed by atoms with van der Waals surface area (Å²) < 4.78 is 5.84. The summed E-state index contributed by atoms with van der Waals surface area (Å²) in [5.41, 5.74) is 1.71. The van der Waals surface area contributed by atoms with Crippen molar-refractivity contribution >= 4 is 33.1 Å². The van der Waals surface area contributed by atoms with E-state index in [1.54, 1.807) is 32.2 Å². The third kappa shape index (κ3) is 3.88. The number of hydrogen-bond acceptors (Lipinski definition) is 6. The van der Waals surface area contributed by atoms with E-state index < -0.39 is 0 Å². The van der Waals surface area contributed by atoms with Crippen LogP contribution in [0.3, 0.4) is 0 Å². The molecule has 29 heavy (non-hydrogen) atoms. The van der Waals surface area contributed by atoms with Crippen LogP contribution in [0.4, 0.5) is 5.69 Å². The molecule has 1 aromatic carbocycles. The molecule has 0 spiro atoms. The fraction of sp³-hybridized carbons (Fsp3) is 0.143. The average Bonchev–Trinajstić information content (AvgIpc) is 3.04. The molecule has 4 aromatic rings. The Balaban J connectivity index is 1.59. The maximum atomic E-state index is 12.9. The molecule has 8 heteroatoms. The van der Waals surface area contributed by atoms with Crippen molar-refractivity contribution < 1.29 is 9.53 Å². The van der Waals surface area contributed by atoms with Crippen LogP contribution in [0.2, 0.25) is 0 Å². The molecule has 0 unspecified atom stereocenters. The summed E-state index contributed by atoms with van der Waals surface area (Å²) in [6, 6.07) is 12.8. The summed E-state index contributed by atoms with van der Waals surface area (Å²) in [5.74, 6) is 0.748. The molecule has 0 aliphatic carbocycles. The Kier molecular flexibility index (Phi) is 5.09. The van der Waals surface area contributed by atoms with Gasteiger partial charge in [-0.2, -0.15) is 0 Å². The van der Waals surface area contributed by atoms with Crippen molar-refractivity contribution in [1.82, 2.24) is 15.0 Å². The van der Waals surface area contributed by atoms with Crippen LogP contribution in [0, 0.1) is 13.8 Å². The molecule has 3 aromatic heterocycles. The van der Waals surface area contributed by atoms with Crippen LogP contribution >= 0.6 is 11.3 Å². The van der Waals surface area contributed by atoms with Gasteiger partial charge in [-0.25, -0.2) is 4.98 Å². The number of benzene rings is 1. The minimum Gasteiger partial charge on any atom is -0.485 e. The number of para-hydroxylation sites is 2. The second kappa shape index (κ2) is 7.84. The lowest BCUT2D eigenvalue weighted by Crippen LogP contribution is -2.13. The molecule has 0 bridgehead atoms. The maximum Gasteiger partial charge on any atom is 0.266 e. The van der Waals surface area contributed by atoms with Gasteiger partial charge in [-0.1, -0.05) is 18.2 Å². The first-order valence-corrected chi connectivity index (χ1v) is 9.77. The van der Waals surface area contributed by atoms with E-state index in [9.17, 15) is 9.59 Å². The molecule has 3 heterocycles. The Morgan fingerprint density at radius 1 is 1.17 bits per heavy atom. The molecule has 0 saturated heterocycles. The van der Waals surface area contributed by atoms with E-state index in [2.05, 4.69) is 20.3 Å². The number of nitrogens with one attached hydrogen (secondary N) is 2. The number of rotatable bonds is 5. The standard InChI is InChI=1S/C21H18N4O3S/c1-12-17-19(26)23-13(2)24-21(17)29-18(12)20(27)25-15-8-3-4-9-16(15)28-11-14-7-5-6-10-22-14/h3-10H,11H2,1-2H3,(H,25,27)(H,23,24,26). The summed E-state index contributed by atoms with van der Waals surface area (Å²) in [7, 11) is 0. The van der Waals surface area contributed by atoms with Gasteiger partial charge in [0.1, 0.15) is 23.0 Å². The van der Waals surface area contributed by atoms with Gasteiger partial charge >= 0.3 is 0 Å². The van der Waals surface area contributed by atoms with Crippen molar-refractivity contribution in [3.63, 3.8) is 0 Å².